The topological polar surface area (TPSA) is 44.8 Å². The van der Waals surface area contributed by atoms with E-state index in [2.05, 4.69) is 0 Å². The lowest BCUT2D eigenvalue weighted by Gasteiger charge is -2.09. The van der Waals surface area contributed by atoms with Gasteiger partial charge in [0.25, 0.3) is 0 Å². The number of halogens is 1. The SMILES string of the molecule is COc1cc(C(=O)CC2OCCO2)ccc1Cl. The van der Waals surface area contributed by atoms with Gasteiger partial charge in [0.1, 0.15) is 5.75 Å². The molecule has 0 aromatic heterocycles. The fraction of sp³-hybridized carbons (Fsp3) is 0.417. The van der Waals surface area contributed by atoms with Crippen LogP contribution in [0.2, 0.25) is 5.02 Å². The number of rotatable bonds is 4. The van der Waals surface area contributed by atoms with Gasteiger partial charge in [0.15, 0.2) is 12.1 Å². The lowest BCUT2D eigenvalue weighted by molar-refractivity contribution is -0.0407. The van der Waals surface area contributed by atoms with Crippen LogP contribution in [-0.4, -0.2) is 32.4 Å². The van der Waals surface area contributed by atoms with Crippen molar-refractivity contribution in [3.63, 3.8) is 0 Å². The molecule has 0 unspecified atom stereocenters. The summed E-state index contributed by atoms with van der Waals surface area (Å²) in [6.45, 7) is 1.09. The zero-order valence-corrected chi connectivity index (χ0v) is 10.2. The molecule has 1 aromatic carbocycles. The van der Waals surface area contributed by atoms with Crippen LogP contribution in [0, 0.1) is 0 Å². The summed E-state index contributed by atoms with van der Waals surface area (Å²) in [5.41, 5.74) is 0.547. The van der Waals surface area contributed by atoms with Crippen LogP contribution in [0.4, 0.5) is 0 Å². The largest absolute Gasteiger partial charge is 0.495 e. The van der Waals surface area contributed by atoms with Crippen molar-refractivity contribution in [2.45, 2.75) is 12.7 Å². The maximum Gasteiger partial charge on any atom is 0.168 e. The Kier molecular flexibility index (Phi) is 3.99. The van der Waals surface area contributed by atoms with Gasteiger partial charge in [0, 0.05) is 5.56 Å². The minimum absolute atomic E-state index is 0.0492. The number of Topliss-reactive ketones (excluding diaryl/α,β-unsaturated/α-hetero) is 1. The van der Waals surface area contributed by atoms with Crippen molar-refractivity contribution in [2.24, 2.45) is 0 Å². The first kappa shape index (κ1) is 12.4. The van der Waals surface area contributed by atoms with Gasteiger partial charge in [-0.25, -0.2) is 0 Å². The van der Waals surface area contributed by atoms with E-state index < -0.39 is 6.29 Å². The molecule has 4 nitrogen and oxygen atoms in total. The highest BCUT2D eigenvalue weighted by Crippen LogP contribution is 2.26. The Hall–Kier alpha value is -1.10. The summed E-state index contributed by atoms with van der Waals surface area (Å²) in [6, 6.07) is 4.94. The minimum Gasteiger partial charge on any atom is -0.495 e. The molecular formula is C12H13ClO4. The summed E-state index contributed by atoms with van der Waals surface area (Å²) >= 11 is 5.89. The second-order valence-electron chi connectivity index (χ2n) is 3.65. The van der Waals surface area contributed by atoms with Crippen molar-refractivity contribution in [2.75, 3.05) is 20.3 Å². The quantitative estimate of drug-likeness (QED) is 0.776. The molecule has 5 heteroatoms. The summed E-state index contributed by atoms with van der Waals surface area (Å²) in [6.07, 6.45) is -0.214. The monoisotopic (exact) mass is 256 g/mol. The molecule has 1 saturated heterocycles. The second-order valence-corrected chi connectivity index (χ2v) is 4.05. The van der Waals surface area contributed by atoms with Crippen molar-refractivity contribution in [1.82, 2.24) is 0 Å². The summed E-state index contributed by atoms with van der Waals surface area (Å²) in [5, 5.41) is 0.484. The zero-order valence-electron chi connectivity index (χ0n) is 9.44. The van der Waals surface area contributed by atoms with Crippen LogP contribution in [0.25, 0.3) is 0 Å². The summed E-state index contributed by atoms with van der Waals surface area (Å²) in [4.78, 5) is 11.9. The Morgan fingerprint density at radius 1 is 1.47 bits per heavy atom. The maximum absolute atomic E-state index is 11.9. The van der Waals surface area contributed by atoms with Gasteiger partial charge in [-0.2, -0.15) is 0 Å². The highest BCUT2D eigenvalue weighted by molar-refractivity contribution is 6.32. The minimum atomic E-state index is -0.427. The molecule has 1 aliphatic heterocycles. The predicted octanol–water partition coefficient (Wildman–Crippen LogP) is 2.29. The zero-order chi connectivity index (χ0) is 12.3. The average Bonchev–Trinajstić information content (AvgIpc) is 2.82. The molecule has 92 valence electrons. The van der Waals surface area contributed by atoms with E-state index in [-0.39, 0.29) is 12.2 Å². The normalized spacial score (nSPS) is 16.1. The van der Waals surface area contributed by atoms with Gasteiger partial charge in [0.2, 0.25) is 0 Å². The Morgan fingerprint density at radius 3 is 2.82 bits per heavy atom. The van der Waals surface area contributed by atoms with Crippen LogP contribution in [0.5, 0.6) is 5.75 Å². The number of benzene rings is 1. The van der Waals surface area contributed by atoms with E-state index in [4.69, 9.17) is 25.8 Å². The molecule has 1 heterocycles. The number of hydrogen-bond donors (Lipinski definition) is 0. The predicted molar refractivity (Wildman–Crippen MR) is 62.6 cm³/mol. The average molecular weight is 257 g/mol. The molecule has 0 radical (unpaired) electrons. The lowest BCUT2D eigenvalue weighted by atomic mass is 10.1. The van der Waals surface area contributed by atoms with E-state index >= 15 is 0 Å². The molecule has 17 heavy (non-hydrogen) atoms. The Bertz CT molecular complexity index is 413. The van der Waals surface area contributed by atoms with E-state index in [0.29, 0.717) is 29.5 Å². The third kappa shape index (κ3) is 2.97. The number of methoxy groups -OCH3 is 1. The number of ketones is 1. The highest BCUT2D eigenvalue weighted by Gasteiger charge is 2.21. The van der Waals surface area contributed by atoms with Gasteiger partial charge in [-0.3, -0.25) is 4.79 Å². The summed E-state index contributed by atoms with van der Waals surface area (Å²) < 4.78 is 15.5. The fourth-order valence-electron chi connectivity index (χ4n) is 1.63. The third-order valence-corrected chi connectivity index (χ3v) is 2.83. The van der Waals surface area contributed by atoms with Crippen LogP contribution in [0.15, 0.2) is 18.2 Å². The van der Waals surface area contributed by atoms with E-state index in [1.54, 1.807) is 18.2 Å². The van der Waals surface area contributed by atoms with Crippen molar-refractivity contribution < 1.29 is 19.0 Å². The van der Waals surface area contributed by atoms with Crippen LogP contribution in [-0.2, 0) is 9.47 Å². The molecule has 1 fully saturated rings. The van der Waals surface area contributed by atoms with Crippen LogP contribution in [0.1, 0.15) is 16.8 Å². The van der Waals surface area contributed by atoms with E-state index in [1.165, 1.54) is 7.11 Å². The van der Waals surface area contributed by atoms with Crippen molar-refractivity contribution in [3.8, 4) is 5.75 Å². The van der Waals surface area contributed by atoms with Gasteiger partial charge in [-0.05, 0) is 18.2 Å². The first-order valence-corrected chi connectivity index (χ1v) is 5.68. The highest BCUT2D eigenvalue weighted by atomic mass is 35.5. The number of carbonyl (C=O) groups excluding carboxylic acids is 1. The van der Waals surface area contributed by atoms with E-state index in [1.807, 2.05) is 0 Å². The molecule has 0 atom stereocenters. The Labute approximate surface area is 104 Å². The molecule has 0 bridgehead atoms. The van der Waals surface area contributed by atoms with Crippen molar-refractivity contribution >= 4 is 17.4 Å². The summed E-state index contributed by atoms with van der Waals surface area (Å²) in [5.74, 6) is 0.442. The number of ether oxygens (including phenoxy) is 3. The third-order valence-electron chi connectivity index (χ3n) is 2.52. The number of hydrogen-bond acceptors (Lipinski definition) is 4. The Morgan fingerprint density at radius 2 is 2.18 bits per heavy atom. The van der Waals surface area contributed by atoms with Gasteiger partial charge in [-0.1, -0.05) is 11.6 Å². The van der Waals surface area contributed by atoms with E-state index in [0.717, 1.165) is 0 Å². The standard InChI is InChI=1S/C12H13ClO4/c1-15-11-6-8(2-3-9(11)13)10(14)7-12-16-4-5-17-12/h2-3,6,12H,4-5,7H2,1H3. The molecule has 0 amide bonds. The van der Waals surface area contributed by atoms with Gasteiger partial charge < -0.3 is 14.2 Å². The molecule has 0 spiro atoms. The van der Waals surface area contributed by atoms with Gasteiger partial charge >= 0.3 is 0 Å². The van der Waals surface area contributed by atoms with Crippen molar-refractivity contribution in [3.05, 3.63) is 28.8 Å². The molecule has 1 aromatic rings. The van der Waals surface area contributed by atoms with Gasteiger partial charge in [-0.15, -0.1) is 0 Å². The Balaban J connectivity index is 2.07. The first-order valence-electron chi connectivity index (χ1n) is 5.30. The van der Waals surface area contributed by atoms with Gasteiger partial charge in [0.05, 0.1) is 31.8 Å². The lowest BCUT2D eigenvalue weighted by Crippen LogP contribution is -2.14. The first-order chi connectivity index (χ1) is 8.20. The second kappa shape index (κ2) is 5.49. The molecule has 0 saturated carbocycles. The van der Waals surface area contributed by atoms with Crippen molar-refractivity contribution in [1.29, 1.82) is 0 Å². The summed E-state index contributed by atoms with van der Waals surface area (Å²) in [7, 11) is 1.51. The molecule has 0 aliphatic carbocycles. The van der Waals surface area contributed by atoms with Crippen LogP contribution >= 0.6 is 11.6 Å². The fourth-order valence-corrected chi connectivity index (χ4v) is 1.82. The molecular weight excluding hydrogens is 244 g/mol. The number of carbonyl (C=O) groups is 1. The molecule has 2 rings (SSSR count). The smallest absolute Gasteiger partial charge is 0.168 e. The van der Waals surface area contributed by atoms with Crippen LogP contribution < -0.4 is 4.74 Å². The van der Waals surface area contributed by atoms with Crippen LogP contribution in [0.3, 0.4) is 0 Å². The molecule has 1 aliphatic rings. The molecule has 0 N–H and O–H groups in total. The maximum atomic E-state index is 11.9. The van der Waals surface area contributed by atoms with E-state index in [9.17, 15) is 4.79 Å².